The third-order valence-corrected chi connectivity index (χ3v) is 2.95. The Balaban J connectivity index is 3.16. The van der Waals surface area contributed by atoms with Crippen LogP contribution in [0.2, 0.25) is 5.15 Å². The van der Waals surface area contributed by atoms with E-state index in [4.69, 9.17) is 28.5 Å². The van der Waals surface area contributed by atoms with Crippen molar-refractivity contribution in [2.75, 3.05) is 0 Å². The molecule has 5 heteroatoms. The van der Waals surface area contributed by atoms with E-state index in [2.05, 4.69) is 31.9 Å². The van der Waals surface area contributed by atoms with Crippen molar-refractivity contribution in [2.45, 2.75) is 45.0 Å². The van der Waals surface area contributed by atoms with Gasteiger partial charge in [0.15, 0.2) is 0 Å². The first-order valence-electron chi connectivity index (χ1n) is 5.10. The van der Waals surface area contributed by atoms with Crippen molar-refractivity contribution in [3.05, 3.63) is 16.4 Å². The van der Waals surface area contributed by atoms with Gasteiger partial charge in [0.25, 0.3) is 0 Å². The van der Waals surface area contributed by atoms with E-state index in [9.17, 15) is 0 Å². The van der Waals surface area contributed by atoms with E-state index in [1.54, 1.807) is 4.68 Å². The van der Waals surface area contributed by atoms with E-state index in [1.165, 1.54) is 0 Å². The normalized spacial score (nSPS) is 11.5. The fourth-order valence-electron chi connectivity index (χ4n) is 1.50. The summed E-state index contributed by atoms with van der Waals surface area (Å²) in [4.78, 5) is 0. The number of nitrogens with zero attached hydrogens (tertiary/aromatic N) is 3. The number of aryl methyl sites for hydroxylation is 1. The monoisotopic (exact) mass is 259 g/mol. The molecule has 0 radical (unpaired) electrons. The topological polar surface area (TPSA) is 41.6 Å². The van der Waals surface area contributed by atoms with Crippen molar-refractivity contribution in [2.24, 2.45) is 0 Å². The van der Waals surface area contributed by atoms with Crippen LogP contribution in [0.5, 0.6) is 0 Å². The Morgan fingerprint density at radius 3 is 2.44 bits per heavy atom. The maximum Gasteiger partial charge on any atom is 0.131 e. The van der Waals surface area contributed by atoms with Crippen LogP contribution in [0, 0.1) is 11.3 Å². The van der Waals surface area contributed by atoms with Gasteiger partial charge in [-0.1, -0.05) is 32.4 Å². The molecule has 0 spiro atoms. The first-order valence-corrected chi connectivity index (χ1v) is 6.01. The molecule has 0 N–H and O–H groups in total. The van der Waals surface area contributed by atoms with Crippen LogP contribution in [0.15, 0.2) is 0 Å². The lowest BCUT2D eigenvalue weighted by atomic mass is 9.90. The molecule has 88 valence electrons. The number of rotatable bonds is 3. The van der Waals surface area contributed by atoms with Crippen LogP contribution in [0.4, 0.5) is 0 Å². The lowest BCUT2D eigenvalue weighted by Gasteiger charge is -2.16. The Kier molecular flexibility index (Phi) is 4.23. The number of alkyl halides is 1. The van der Waals surface area contributed by atoms with Crippen LogP contribution in [0.25, 0.3) is 0 Å². The summed E-state index contributed by atoms with van der Waals surface area (Å²) < 4.78 is 1.66. The summed E-state index contributed by atoms with van der Waals surface area (Å²) in [5.41, 5.74) is 1.69. The molecule has 0 saturated heterocycles. The highest BCUT2D eigenvalue weighted by atomic mass is 35.5. The van der Waals surface area contributed by atoms with E-state index in [1.807, 2.05) is 0 Å². The third kappa shape index (κ3) is 2.69. The van der Waals surface area contributed by atoms with Gasteiger partial charge in [-0.05, 0) is 0 Å². The molecule has 1 rings (SSSR count). The van der Waals surface area contributed by atoms with E-state index in [0.29, 0.717) is 24.0 Å². The zero-order valence-electron chi connectivity index (χ0n) is 9.72. The third-order valence-electron chi connectivity index (χ3n) is 2.26. The summed E-state index contributed by atoms with van der Waals surface area (Å²) in [6.45, 7) is 6.71. The minimum Gasteiger partial charge on any atom is -0.252 e. The maximum atomic E-state index is 8.55. The zero-order valence-corrected chi connectivity index (χ0v) is 11.2. The van der Waals surface area contributed by atoms with E-state index >= 15 is 0 Å². The van der Waals surface area contributed by atoms with Gasteiger partial charge in [0.05, 0.1) is 30.6 Å². The van der Waals surface area contributed by atoms with Crippen molar-refractivity contribution in [1.82, 2.24) is 9.78 Å². The molecule has 0 aliphatic rings. The van der Waals surface area contributed by atoms with Crippen LogP contribution >= 0.6 is 23.2 Å². The Morgan fingerprint density at radius 1 is 1.44 bits per heavy atom. The number of hydrogen-bond donors (Lipinski definition) is 0. The molecule has 0 aromatic carbocycles. The smallest absolute Gasteiger partial charge is 0.131 e. The predicted molar refractivity (Wildman–Crippen MR) is 65.7 cm³/mol. The molecule has 3 nitrogen and oxygen atoms in total. The minimum atomic E-state index is -0.0915. The lowest BCUT2D eigenvalue weighted by molar-refractivity contribution is 0.533. The zero-order chi connectivity index (χ0) is 12.3. The van der Waals surface area contributed by atoms with E-state index < -0.39 is 0 Å². The molecule has 0 saturated carbocycles. The van der Waals surface area contributed by atoms with Gasteiger partial charge in [0, 0.05) is 11.0 Å². The molecule has 1 aromatic heterocycles. The molecule has 0 aliphatic carbocycles. The highest BCUT2D eigenvalue weighted by molar-refractivity contribution is 6.31. The Morgan fingerprint density at radius 2 is 2.06 bits per heavy atom. The molecule has 0 unspecified atom stereocenters. The van der Waals surface area contributed by atoms with Crippen molar-refractivity contribution in [3.63, 3.8) is 0 Å². The molecule has 0 amide bonds. The number of aromatic nitrogens is 2. The van der Waals surface area contributed by atoms with Crippen LogP contribution in [0.3, 0.4) is 0 Å². The van der Waals surface area contributed by atoms with Crippen molar-refractivity contribution < 1.29 is 0 Å². The highest BCUT2D eigenvalue weighted by Crippen LogP contribution is 2.31. The van der Waals surface area contributed by atoms with Gasteiger partial charge in [0.1, 0.15) is 5.15 Å². The molecule has 0 fully saturated rings. The van der Waals surface area contributed by atoms with Gasteiger partial charge < -0.3 is 0 Å². The second kappa shape index (κ2) is 5.07. The summed E-state index contributed by atoms with van der Waals surface area (Å²) in [5, 5.41) is 13.5. The minimum absolute atomic E-state index is 0.0915. The largest absolute Gasteiger partial charge is 0.252 e. The van der Waals surface area contributed by atoms with Crippen LogP contribution in [-0.2, 0) is 17.8 Å². The summed E-state index contributed by atoms with van der Waals surface area (Å²) in [7, 11) is 0. The van der Waals surface area contributed by atoms with Gasteiger partial charge >= 0.3 is 0 Å². The quantitative estimate of drug-likeness (QED) is 0.780. The summed E-state index contributed by atoms with van der Waals surface area (Å²) in [6, 6.07) is 2.08. The van der Waals surface area contributed by atoms with Crippen LogP contribution in [-0.4, -0.2) is 9.78 Å². The van der Waals surface area contributed by atoms with Gasteiger partial charge in [-0.15, -0.1) is 11.6 Å². The Labute approximate surface area is 106 Å². The second-order valence-corrected chi connectivity index (χ2v) is 5.26. The Hall–Kier alpha value is -0.720. The van der Waals surface area contributed by atoms with Gasteiger partial charge in [0.2, 0.25) is 0 Å². The average Bonchev–Trinajstić information content (AvgIpc) is 2.51. The fraction of sp³-hybridized carbons (Fsp3) is 0.636. The van der Waals surface area contributed by atoms with Crippen molar-refractivity contribution in [1.29, 1.82) is 5.26 Å². The molecule has 0 atom stereocenters. The van der Waals surface area contributed by atoms with Crippen LogP contribution < -0.4 is 0 Å². The first-order chi connectivity index (χ1) is 7.41. The maximum absolute atomic E-state index is 8.55. The summed E-state index contributed by atoms with van der Waals surface area (Å²) in [6.07, 6.45) is 0.396. The fourth-order valence-corrected chi connectivity index (χ4v) is 2.10. The van der Waals surface area contributed by atoms with Gasteiger partial charge in [-0.2, -0.15) is 10.4 Å². The van der Waals surface area contributed by atoms with Gasteiger partial charge in [-0.3, -0.25) is 4.68 Å². The molecule has 1 aromatic rings. The Bertz CT molecular complexity index is 410. The standard InChI is InChI=1S/C11H15Cl2N3/c1-11(2,3)9-8(7-12)10(13)16(15-9)6-4-5-14/h4,6-7H2,1-3H3. The lowest BCUT2D eigenvalue weighted by Crippen LogP contribution is -2.14. The van der Waals surface area contributed by atoms with E-state index in [-0.39, 0.29) is 5.41 Å². The molecular formula is C11H15Cl2N3. The SMILES string of the molecule is CC(C)(C)c1nn(CCC#N)c(Cl)c1CCl. The summed E-state index contributed by atoms with van der Waals surface area (Å²) in [5.74, 6) is 0.345. The molecular weight excluding hydrogens is 245 g/mol. The van der Waals surface area contributed by atoms with Crippen molar-refractivity contribution >= 4 is 23.2 Å². The summed E-state index contributed by atoms with van der Waals surface area (Å²) >= 11 is 12.1. The predicted octanol–water partition coefficient (Wildman–Crippen LogP) is 3.49. The average molecular weight is 260 g/mol. The number of nitriles is 1. The van der Waals surface area contributed by atoms with E-state index in [0.717, 1.165) is 11.3 Å². The molecule has 0 bridgehead atoms. The highest BCUT2D eigenvalue weighted by Gasteiger charge is 2.25. The molecule has 1 heterocycles. The number of hydrogen-bond acceptors (Lipinski definition) is 2. The molecule has 16 heavy (non-hydrogen) atoms. The van der Waals surface area contributed by atoms with Gasteiger partial charge in [-0.25, -0.2) is 0 Å². The van der Waals surface area contributed by atoms with Crippen LogP contribution in [0.1, 0.15) is 38.4 Å². The molecule has 0 aliphatic heterocycles. The second-order valence-electron chi connectivity index (χ2n) is 4.63. The van der Waals surface area contributed by atoms with Crippen molar-refractivity contribution in [3.8, 4) is 6.07 Å². The number of halogens is 2. The first kappa shape index (κ1) is 13.3.